The van der Waals surface area contributed by atoms with E-state index in [4.69, 9.17) is 5.73 Å². The summed E-state index contributed by atoms with van der Waals surface area (Å²) >= 11 is 0. The molecule has 0 aliphatic rings. The van der Waals surface area contributed by atoms with Crippen LogP contribution in [0.1, 0.15) is 17.2 Å². The average Bonchev–Trinajstić information content (AvgIpc) is 2.75. The lowest BCUT2D eigenvalue weighted by Crippen LogP contribution is -2.28. The molecule has 1 aromatic carbocycles. The summed E-state index contributed by atoms with van der Waals surface area (Å²) in [6, 6.07) is 6.54. The third kappa shape index (κ3) is 3.87. The zero-order valence-electron chi connectivity index (χ0n) is 11.3. The Labute approximate surface area is 112 Å². The van der Waals surface area contributed by atoms with Crippen molar-refractivity contribution in [3.8, 4) is 0 Å². The van der Waals surface area contributed by atoms with E-state index in [1.807, 2.05) is 26.4 Å². The molecule has 0 spiro atoms. The van der Waals surface area contributed by atoms with Crippen molar-refractivity contribution in [2.75, 3.05) is 13.6 Å². The molecule has 2 N–H and O–H groups in total. The minimum atomic E-state index is -0.206. The number of benzene rings is 1. The van der Waals surface area contributed by atoms with Crippen LogP contribution in [0.15, 0.2) is 36.7 Å². The summed E-state index contributed by atoms with van der Waals surface area (Å²) in [7, 11) is 3.84. The molecule has 1 unspecified atom stereocenters. The molecule has 5 heteroatoms. The van der Waals surface area contributed by atoms with E-state index in [2.05, 4.69) is 10.00 Å². The quantitative estimate of drug-likeness (QED) is 0.892. The number of nitrogens with zero attached hydrogens (tertiary/aromatic N) is 3. The molecule has 0 radical (unpaired) electrons. The van der Waals surface area contributed by atoms with E-state index >= 15 is 0 Å². The lowest BCUT2D eigenvalue weighted by molar-refractivity contribution is 0.305. The second-order valence-electron chi connectivity index (χ2n) is 4.88. The standard InChI is InChI=1S/C14H19FN4/c1-18(8-11-4-3-5-13(15)6-11)10-14(16)12-7-17-19(2)9-12/h3-7,9,14H,8,10,16H2,1-2H3. The number of nitrogens with two attached hydrogens (primary N) is 1. The van der Waals surface area contributed by atoms with Gasteiger partial charge in [0, 0.05) is 37.9 Å². The van der Waals surface area contributed by atoms with Crippen LogP contribution in [0.4, 0.5) is 4.39 Å². The number of hydrogen-bond donors (Lipinski definition) is 1. The topological polar surface area (TPSA) is 47.1 Å². The van der Waals surface area contributed by atoms with Gasteiger partial charge in [-0.15, -0.1) is 0 Å². The third-order valence-electron chi connectivity index (χ3n) is 3.00. The fourth-order valence-corrected chi connectivity index (χ4v) is 2.08. The first-order chi connectivity index (χ1) is 9.04. The molecule has 102 valence electrons. The number of halogens is 1. The van der Waals surface area contributed by atoms with Gasteiger partial charge in [-0.3, -0.25) is 4.68 Å². The molecule has 2 rings (SSSR count). The molecule has 2 aromatic rings. The number of aryl methyl sites for hydroxylation is 1. The van der Waals surface area contributed by atoms with E-state index in [9.17, 15) is 4.39 Å². The summed E-state index contributed by atoms with van der Waals surface area (Å²) in [6.07, 6.45) is 3.70. The van der Waals surface area contributed by atoms with Crippen molar-refractivity contribution in [3.05, 3.63) is 53.6 Å². The van der Waals surface area contributed by atoms with Crippen molar-refractivity contribution < 1.29 is 4.39 Å². The van der Waals surface area contributed by atoms with Crippen LogP contribution in [0.5, 0.6) is 0 Å². The van der Waals surface area contributed by atoms with Crippen LogP contribution in [-0.4, -0.2) is 28.3 Å². The molecule has 0 bridgehead atoms. The normalized spacial score (nSPS) is 12.9. The maximum Gasteiger partial charge on any atom is 0.123 e. The first kappa shape index (κ1) is 13.7. The molecular weight excluding hydrogens is 243 g/mol. The zero-order valence-corrected chi connectivity index (χ0v) is 11.3. The highest BCUT2D eigenvalue weighted by molar-refractivity contribution is 5.16. The molecule has 1 aromatic heterocycles. The van der Waals surface area contributed by atoms with Crippen molar-refractivity contribution >= 4 is 0 Å². The van der Waals surface area contributed by atoms with Gasteiger partial charge in [-0.25, -0.2) is 4.39 Å². The van der Waals surface area contributed by atoms with Gasteiger partial charge in [0.2, 0.25) is 0 Å². The Bertz CT molecular complexity index is 538. The summed E-state index contributed by atoms with van der Waals surface area (Å²) in [4.78, 5) is 2.08. The molecule has 19 heavy (non-hydrogen) atoms. The van der Waals surface area contributed by atoms with Crippen LogP contribution >= 0.6 is 0 Å². The van der Waals surface area contributed by atoms with Gasteiger partial charge in [0.25, 0.3) is 0 Å². The van der Waals surface area contributed by atoms with Gasteiger partial charge in [-0.05, 0) is 24.7 Å². The molecule has 0 saturated heterocycles. The lowest BCUT2D eigenvalue weighted by atomic mass is 10.1. The summed E-state index contributed by atoms with van der Waals surface area (Å²) in [6.45, 7) is 1.37. The van der Waals surface area contributed by atoms with Crippen molar-refractivity contribution in [3.63, 3.8) is 0 Å². The van der Waals surface area contributed by atoms with Crippen molar-refractivity contribution in [1.82, 2.24) is 14.7 Å². The van der Waals surface area contributed by atoms with E-state index in [1.165, 1.54) is 6.07 Å². The van der Waals surface area contributed by atoms with Crippen molar-refractivity contribution in [2.45, 2.75) is 12.6 Å². The van der Waals surface area contributed by atoms with E-state index < -0.39 is 0 Å². The van der Waals surface area contributed by atoms with Gasteiger partial charge in [-0.2, -0.15) is 5.10 Å². The van der Waals surface area contributed by atoms with Gasteiger partial charge in [0.1, 0.15) is 5.82 Å². The maximum atomic E-state index is 13.1. The van der Waals surface area contributed by atoms with Gasteiger partial charge < -0.3 is 10.6 Å². The summed E-state index contributed by atoms with van der Waals surface area (Å²) in [5.41, 5.74) is 8.08. The minimum absolute atomic E-state index is 0.0905. The van der Waals surface area contributed by atoms with Gasteiger partial charge in [0.05, 0.1) is 6.20 Å². The Balaban J connectivity index is 1.92. The van der Waals surface area contributed by atoms with Crippen LogP contribution in [0.3, 0.4) is 0 Å². The maximum absolute atomic E-state index is 13.1. The first-order valence-corrected chi connectivity index (χ1v) is 6.21. The summed E-state index contributed by atoms with van der Waals surface area (Å²) < 4.78 is 14.8. The number of likely N-dealkylation sites (N-methyl/N-ethyl adjacent to an activating group) is 1. The highest BCUT2D eigenvalue weighted by Crippen LogP contribution is 2.12. The van der Waals surface area contributed by atoms with Crippen LogP contribution in [-0.2, 0) is 13.6 Å². The van der Waals surface area contributed by atoms with E-state index in [0.717, 1.165) is 11.1 Å². The summed E-state index contributed by atoms with van der Waals surface area (Å²) in [5, 5.41) is 4.11. The highest BCUT2D eigenvalue weighted by Gasteiger charge is 2.11. The Morgan fingerprint density at radius 2 is 2.26 bits per heavy atom. The van der Waals surface area contributed by atoms with E-state index in [0.29, 0.717) is 13.1 Å². The van der Waals surface area contributed by atoms with Crippen LogP contribution in [0, 0.1) is 5.82 Å². The molecule has 4 nitrogen and oxygen atoms in total. The monoisotopic (exact) mass is 262 g/mol. The van der Waals surface area contributed by atoms with Gasteiger partial charge in [-0.1, -0.05) is 12.1 Å². The number of hydrogen-bond acceptors (Lipinski definition) is 3. The second kappa shape index (κ2) is 5.95. The largest absolute Gasteiger partial charge is 0.323 e. The zero-order chi connectivity index (χ0) is 13.8. The van der Waals surface area contributed by atoms with E-state index in [1.54, 1.807) is 23.0 Å². The fourth-order valence-electron chi connectivity index (χ4n) is 2.08. The molecule has 0 aliphatic carbocycles. The molecule has 0 aliphatic heterocycles. The minimum Gasteiger partial charge on any atom is -0.323 e. The van der Waals surface area contributed by atoms with E-state index in [-0.39, 0.29) is 11.9 Å². The van der Waals surface area contributed by atoms with Crippen LogP contribution < -0.4 is 5.73 Å². The molecule has 0 amide bonds. The molecule has 0 fully saturated rings. The first-order valence-electron chi connectivity index (χ1n) is 6.21. The average molecular weight is 262 g/mol. The summed E-state index contributed by atoms with van der Waals surface area (Å²) in [5.74, 6) is -0.206. The Morgan fingerprint density at radius 3 is 2.89 bits per heavy atom. The Hall–Kier alpha value is -1.72. The SMILES string of the molecule is CN(Cc1cccc(F)c1)CC(N)c1cnn(C)c1. The number of aromatic nitrogens is 2. The van der Waals surface area contributed by atoms with Crippen LogP contribution in [0.25, 0.3) is 0 Å². The second-order valence-corrected chi connectivity index (χ2v) is 4.88. The van der Waals surface area contributed by atoms with Crippen molar-refractivity contribution in [2.24, 2.45) is 12.8 Å². The molecule has 0 saturated carbocycles. The van der Waals surface area contributed by atoms with Gasteiger partial charge >= 0.3 is 0 Å². The molecular formula is C14H19FN4. The fraction of sp³-hybridized carbons (Fsp3) is 0.357. The Kier molecular flexibility index (Phi) is 4.29. The van der Waals surface area contributed by atoms with Gasteiger partial charge in [0.15, 0.2) is 0 Å². The lowest BCUT2D eigenvalue weighted by Gasteiger charge is -2.20. The smallest absolute Gasteiger partial charge is 0.123 e. The molecule has 1 atom stereocenters. The molecule has 1 heterocycles. The predicted molar refractivity (Wildman–Crippen MR) is 72.9 cm³/mol. The third-order valence-corrected chi connectivity index (χ3v) is 3.00. The predicted octanol–water partition coefficient (Wildman–Crippen LogP) is 1.69. The number of rotatable bonds is 5. The Morgan fingerprint density at radius 1 is 1.47 bits per heavy atom. The van der Waals surface area contributed by atoms with Crippen LogP contribution in [0.2, 0.25) is 0 Å². The highest BCUT2D eigenvalue weighted by atomic mass is 19.1. The van der Waals surface area contributed by atoms with Crippen molar-refractivity contribution in [1.29, 1.82) is 0 Å².